The highest BCUT2D eigenvalue weighted by atomic mass is 19.3. The van der Waals surface area contributed by atoms with E-state index in [9.17, 15) is 18.4 Å². The average Bonchev–Trinajstić information content (AvgIpc) is 2.29. The minimum atomic E-state index is -3.22. The second-order valence-corrected chi connectivity index (χ2v) is 3.39. The molecule has 1 aromatic rings. The largest absolute Gasteiger partial charge is 0.480 e. The fourth-order valence-corrected chi connectivity index (χ4v) is 1.28. The van der Waals surface area contributed by atoms with Gasteiger partial charge in [-0.1, -0.05) is 30.3 Å². The van der Waals surface area contributed by atoms with Gasteiger partial charge >= 0.3 is 12.4 Å². The monoisotopic (exact) mass is 243 g/mol. The smallest absolute Gasteiger partial charge is 0.326 e. The molecule has 2 N–H and O–H groups in total. The van der Waals surface area contributed by atoms with Crippen LogP contribution in [-0.2, 0) is 16.0 Å². The molecular formula is C11H11F2NO3. The molecular weight excluding hydrogens is 232 g/mol. The third-order valence-corrected chi connectivity index (χ3v) is 2.10. The summed E-state index contributed by atoms with van der Waals surface area (Å²) in [5.41, 5.74) is 0.648. The number of carbonyl (C=O) groups excluding carboxylic acids is 1. The van der Waals surface area contributed by atoms with Crippen LogP contribution < -0.4 is 5.32 Å². The van der Waals surface area contributed by atoms with Gasteiger partial charge < -0.3 is 10.4 Å². The summed E-state index contributed by atoms with van der Waals surface area (Å²) in [6.07, 6.45) is -3.25. The lowest BCUT2D eigenvalue weighted by Gasteiger charge is -2.14. The van der Waals surface area contributed by atoms with Crippen LogP contribution in [0.1, 0.15) is 5.56 Å². The number of carboxylic acid groups (broad SMARTS) is 1. The summed E-state index contributed by atoms with van der Waals surface area (Å²) in [6.45, 7) is 0. The van der Waals surface area contributed by atoms with Crippen molar-refractivity contribution in [1.29, 1.82) is 0 Å². The molecule has 1 atom stereocenters. The van der Waals surface area contributed by atoms with Gasteiger partial charge in [0.1, 0.15) is 6.04 Å². The van der Waals surface area contributed by atoms with E-state index in [1.165, 1.54) is 0 Å². The maximum atomic E-state index is 12.0. The molecule has 0 bridgehead atoms. The molecule has 0 spiro atoms. The molecule has 0 saturated carbocycles. The minimum Gasteiger partial charge on any atom is -0.480 e. The molecule has 0 radical (unpaired) electrons. The number of carbonyl (C=O) groups is 2. The van der Waals surface area contributed by atoms with Crippen molar-refractivity contribution in [1.82, 2.24) is 5.32 Å². The number of nitrogens with one attached hydrogen (secondary N) is 1. The lowest BCUT2D eigenvalue weighted by Crippen LogP contribution is -2.44. The standard InChI is InChI=1S/C11H11F2NO3/c12-9(13)10(15)14-8(11(16)17)6-7-4-2-1-3-5-7/h1-5,8-9H,6H2,(H,14,15)(H,16,17). The maximum Gasteiger partial charge on any atom is 0.326 e. The van der Waals surface area contributed by atoms with Crippen LogP contribution in [0.4, 0.5) is 8.78 Å². The SMILES string of the molecule is O=C(NC(Cc1ccccc1)C(=O)O)C(F)F. The van der Waals surface area contributed by atoms with Gasteiger partial charge in [-0.25, -0.2) is 4.79 Å². The van der Waals surface area contributed by atoms with Crippen LogP contribution in [0, 0.1) is 0 Å². The molecule has 1 rings (SSSR count). The summed E-state index contributed by atoms with van der Waals surface area (Å²) in [6, 6.07) is 7.11. The number of rotatable bonds is 5. The Bertz CT molecular complexity index is 395. The van der Waals surface area contributed by atoms with Crippen LogP contribution in [0.15, 0.2) is 30.3 Å². The highest BCUT2D eigenvalue weighted by molar-refractivity contribution is 5.85. The predicted octanol–water partition coefficient (Wildman–Crippen LogP) is 1.06. The minimum absolute atomic E-state index is 0.0331. The first kappa shape index (κ1) is 13.1. The number of hydrogen-bond acceptors (Lipinski definition) is 2. The number of carboxylic acids is 1. The lowest BCUT2D eigenvalue weighted by atomic mass is 10.1. The first-order valence-corrected chi connectivity index (χ1v) is 4.86. The van der Waals surface area contributed by atoms with Gasteiger partial charge in [-0.2, -0.15) is 8.78 Å². The predicted molar refractivity (Wildman–Crippen MR) is 55.7 cm³/mol. The van der Waals surface area contributed by atoms with Crippen LogP contribution in [0.5, 0.6) is 0 Å². The van der Waals surface area contributed by atoms with Crippen LogP contribution in [0.25, 0.3) is 0 Å². The summed E-state index contributed by atoms with van der Waals surface area (Å²) in [7, 11) is 0. The van der Waals surface area contributed by atoms with Crippen molar-refractivity contribution in [2.75, 3.05) is 0 Å². The van der Waals surface area contributed by atoms with Gasteiger partial charge in [-0.05, 0) is 5.56 Å². The highest BCUT2D eigenvalue weighted by Gasteiger charge is 2.24. The molecule has 17 heavy (non-hydrogen) atoms. The fourth-order valence-electron chi connectivity index (χ4n) is 1.28. The number of halogens is 2. The zero-order valence-corrected chi connectivity index (χ0v) is 8.77. The Labute approximate surface area is 96.3 Å². The topological polar surface area (TPSA) is 66.4 Å². The van der Waals surface area contributed by atoms with Crippen LogP contribution in [0.3, 0.4) is 0 Å². The zero-order chi connectivity index (χ0) is 12.8. The molecule has 6 heteroatoms. The Morgan fingerprint density at radius 2 is 1.82 bits per heavy atom. The molecule has 92 valence electrons. The summed E-state index contributed by atoms with van der Waals surface area (Å²) >= 11 is 0. The van der Waals surface area contributed by atoms with Crippen molar-refractivity contribution >= 4 is 11.9 Å². The maximum absolute atomic E-state index is 12.0. The molecule has 0 heterocycles. The Hall–Kier alpha value is -1.98. The summed E-state index contributed by atoms with van der Waals surface area (Å²) < 4.78 is 24.0. The lowest BCUT2D eigenvalue weighted by molar-refractivity contribution is -0.144. The quantitative estimate of drug-likeness (QED) is 0.812. The molecule has 1 amide bonds. The molecule has 0 aliphatic heterocycles. The molecule has 1 aromatic carbocycles. The van der Waals surface area contributed by atoms with E-state index >= 15 is 0 Å². The van der Waals surface area contributed by atoms with Crippen molar-refractivity contribution < 1.29 is 23.5 Å². The van der Waals surface area contributed by atoms with Crippen LogP contribution in [-0.4, -0.2) is 29.5 Å². The molecule has 0 aromatic heterocycles. The van der Waals surface area contributed by atoms with Gasteiger partial charge in [0.2, 0.25) is 0 Å². The molecule has 0 aliphatic rings. The zero-order valence-electron chi connectivity index (χ0n) is 8.77. The Balaban J connectivity index is 2.68. The van der Waals surface area contributed by atoms with E-state index < -0.39 is 24.3 Å². The second-order valence-electron chi connectivity index (χ2n) is 3.39. The van der Waals surface area contributed by atoms with E-state index in [-0.39, 0.29) is 6.42 Å². The van der Waals surface area contributed by atoms with Gasteiger partial charge in [0.25, 0.3) is 5.91 Å². The first-order valence-electron chi connectivity index (χ1n) is 4.86. The summed E-state index contributed by atoms with van der Waals surface area (Å²) in [4.78, 5) is 21.5. The average molecular weight is 243 g/mol. The van der Waals surface area contributed by atoms with Gasteiger partial charge in [-0.15, -0.1) is 0 Å². The normalized spacial score (nSPS) is 12.2. The number of benzene rings is 1. The second kappa shape index (κ2) is 5.93. The van der Waals surface area contributed by atoms with E-state index in [0.29, 0.717) is 5.56 Å². The number of amides is 1. The van der Waals surface area contributed by atoms with E-state index in [1.54, 1.807) is 35.6 Å². The van der Waals surface area contributed by atoms with Crippen LogP contribution in [0.2, 0.25) is 0 Å². The fraction of sp³-hybridized carbons (Fsp3) is 0.273. The Kier molecular flexibility index (Phi) is 4.56. The Morgan fingerprint density at radius 3 is 2.29 bits per heavy atom. The van der Waals surface area contributed by atoms with E-state index in [4.69, 9.17) is 5.11 Å². The van der Waals surface area contributed by atoms with Gasteiger partial charge in [0.05, 0.1) is 0 Å². The van der Waals surface area contributed by atoms with Gasteiger partial charge in [-0.3, -0.25) is 4.79 Å². The first-order chi connectivity index (χ1) is 8.00. The van der Waals surface area contributed by atoms with Crippen molar-refractivity contribution in [3.63, 3.8) is 0 Å². The Morgan fingerprint density at radius 1 is 1.24 bits per heavy atom. The van der Waals surface area contributed by atoms with E-state index in [1.807, 2.05) is 0 Å². The molecule has 0 fully saturated rings. The number of hydrogen-bond donors (Lipinski definition) is 2. The molecule has 0 aliphatic carbocycles. The molecule has 0 saturated heterocycles. The van der Waals surface area contributed by atoms with Crippen molar-refractivity contribution in [3.05, 3.63) is 35.9 Å². The number of alkyl halides is 2. The molecule has 1 unspecified atom stereocenters. The van der Waals surface area contributed by atoms with Crippen molar-refractivity contribution in [2.45, 2.75) is 18.9 Å². The number of aliphatic carboxylic acids is 1. The third-order valence-electron chi connectivity index (χ3n) is 2.10. The summed E-state index contributed by atoms with van der Waals surface area (Å²) in [5, 5.41) is 10.6. The van der Waals surface area contributed by atoms with E-state index in [0.717, 1.165) is 0 Å². The van der Waals surface area contributed by atoms with Gasteiger partial charge in [0.15, 0.2) is 0 Å². The van der Waals surface area contributed by atoms with E-state index in [2.05, 4.69) is 0 Å². The molecule has 4 nitrogen and oxygen atoms in total. The third kappa shape index (κ3) is 4.18. The van der Waals surface area contributed by atoms with Gasteiger partial charge in [0, 0.05) is 6.42 Å². The van der Waals surface area contributed by atoms with Crippen molar-refractivity contribution in [3.8, 4) is 0 Å². The van der Waals surface area contributed by atoms with Crippen LogP contribution >= 0.6 is 0 Å². The highest BCUT2D eigenvalue weighted by Crippen LogP contribution is 2.04. The summed E-state index contributed by atoms with van der Waals surface area (Å²) in [5.74, 6) is -2.92. The van der Waals surface area contributed by atoms with Crippen molar-refractivity contribution in [2.24, 2.45) is 0 Å².